The minimum atomic E-state index is -1.91. The quantitative estimate of drug-likeness (QED) is 0.0228. The molecule has 0 aromatic heterocycles. The average molecular weight is 1060 g/mol. The number of aliphatic hydroxyl groups is 2. The number of hydrogen-bond acceptors (Lipinski definition) is 11. The Balaban J connectivity index is 2.70. The molecule has 6 unspecified atom stereocenters. The highest BCUT2D eigenvalue weighted by Crippen LogP contribution is 2.26. The van der Waals surface area contributed by atoms with Crippen molar-refractivity contribution in [3.8, 4) is 0 Å². The number of ether oxygens (including phenoxy) is 5. The van der Waals surface area contributed by atoms with Gasteiger partial charge in [0.2, 0.25) is 0 Å². The molecule has 1 heterocycles. The van der Waals surface area contributed by atoms with E-state index in [-0.39, 0.29) is 25.9 Å². The van der Waals surface area contributed by atoms with Crippen LogP contribution in [0.4, 0.5) is 0 Å². The lowest BCUT2D eigenvalue weighted by atomic mass is 9.98. The lowest BCUT2D eigenvalue weighted by molar-refractivity contribution is -0.301. The van der Waals surface area contributed by atoms with Crippen molar-refractivity contribution in [1.82, 2.24) is 0 Å². The monoisotopic (exact) mass is 1060 g/mol. The van der Waals surface area contributed by atoms with Gasteiger partial charge in [-0.15, -0.1) is 0 Å². The number of esters is 3. The molecule has 0 aromatic rings. The Labute approximate surface area is 456 Å². The Morgan fingerprint density at radius 3 is 1.31 bits per heavy atom. The maximum atomic E-state index is 13.2. The van der Waals surface area contributed by atoms with Gasteiger partial charge in [0.1, 0.15) is 18.8 Å². The molecule has 12 nitrogen and oxygen atoms in total. The maximum Gasteiger partial charge on any atom is 0.335 e. The summed E-state index contributed by atoms with van der Waals surface area (Å²) in [6, 6.07) is 0. The number of allylic oxidation sites excluding steroid dienone is 10. The van der Waals surface area contributed by atoms with E-state index in [1.807, 2.05) is 0 Å². The van der Waals surface area contributed by atoms with Gasteiger partial charge in [0, 0.05) is 19.3 Å². The molecule has 0 amide bonds. The van der Waals surface area contributed by atoms with E-state index in [0.717, 1.165) is 116 Å². The summed E-state index contributed by atoms with van der Waals surface area (Å²) < 4.78 is 28.4. The van der Waals surface area contributed by atoms with Crippen LogP contribution in [0.3, 0.4) is 0 Å². The molecule has 1 saturated heterocycles. The number of carboxylic acids is 1. The molecule has 75 heavy (non-hydrogen) atoms. The van der Waals surface area contributed by atoms with Crippen molar-refractivity contribution in [3.63, 3.8) is 0 Å². The summed E-state index contributed by atoms with van der Waals surface area (Å²) in [6.45, 7) is 5.85. The van der Waals surface area contributed by atoms with E-state index in [0.29, 0.717) is 19.3 Å². The van der Waals surface area contributed by atoms with Crippen LogP contribution in [0.25, 0.3) is 0 Å². The fourth-order valence-corrected chi connectivity index (χ4v) is 8.94. The first-order valence-corrected chi connectivity index (χ1v) is 30.3. The average Bonchev–Trinajstić information content (AvgIpc) is 3.39. The number of rotatable bonds is 51. The van der Waals surface area contributed by atoms with Crippen molar-refractivity contribution in [3.05, 3.63) is 60.8 Å². The van der Waals surface area contributed by atoms with Gasteiger partial charge in [0.25, 0.3) is 0 Å². The van der Waals surface area contributed by atoms with Gasteiger partial charge in [-0.1, -0.05) is 223 Å². The fourth-order valence-electron chi connectivity index (χ4n) is 8.94. The van der Waals surface area contributed by atoms with Crippen LogP contribution in [0.5, 0.6) is 0 Å². The highest BCUT2D eigenvalue weighted by atomic mass is 16.7. The number of aliphatic carboxylic acids is 1. The van der Waals surface area contributed by atoms with Crippen LogP contribution in [0.15, 0.2) is 60.8 Å². The molecule has 0 saturated carbocycles. The van der Waals surface area contributed by atoms with Crippen molar-refractivity contribution >= 4 is 23.9 Å². The van der Waals surface area contributed by atoms with Crippen LogP contribution in [0, 0.1) is 0 Å². The molecule has 12 heteroatoms. The van der Waals surface area contributed by atoms with Crippen LogP contribution >= 0.6 is 0 Å². The van der Waals surface area contributed by atoms with Crippen LogP contribution in [-0.4, -0.2) is 89.2 Å². The van der Waals surface area contributed by atoms with E-state index in [9.17, 15) is 34.5 Å². The van der Waals surface area contributed by atoms with Crippen LogP contribution < -0.4 is 0 Å². The Hall–Kier alpha value is -3.58. The molecule has 6 atom stereocenters. The zero-order valence-electron chi connectivity index (χ0n) is 47.5. The zero-order valence-corrected chi connectivity index (χ0v) is 47.5. The summed E-state index contributed by atoms with van der Waals surface area (Å²) in [5, 5.41) is 31.5. The number of carbonyl (C=O) groups is 4. The third kappa shape index (κ3) is 41.2. The van der Waals surface area contributed by atoms with Crippen molar-refractivity contribution in [1.29, 1.82) is 0 Å². The Morgan fingerprint density at radius 2 is 0.840 bits per heavy atom. The molecule has 1 rings (SSSR count). The molecular formula is C63H108O12. The van der Waals surface area contributed by atoms with Crippen molar-refractivity contribution in [2.45, 2.75) is 302 Å². The molecule has 0 spiro atoms. The SMILES string of the molecule is CC/C=C\C/C=C\C/C=C\CCCCCCCC(=O)OCC(COC1OC(C(=O)O)C(O)C(O)C1OC(=O)CCCCCCC/C=C\C/C=C\CCCCC)OC(=O)CCCCCCCCCCCCCCCCC. The van der Waals surface area contributed by atoms with E-state index in [4.69, 9.17) is 23.7 Å². The third-order valence-corrected chi connectivity index (χ3v) is 13.6. The second-order valence-corrected chi connectivity index (χ2v) is 20.6. The lowest BCUT2D eigenvalue weighted by Crippen LogP contribution is -2.61. The van der Waals surface area contributed by atoms with Crippen LogP contribution in [0.1, 0.15) is 265 Å². The predicted octanol–water partition coefficient (Wildman–Crippen LogP) is 15.6. The van der Waals surface area contributed by atoms with E-state index >= 15 is 0 Å². The first kappa shape index (κ1) is 69.4. The smallest absolute Gasteiger partial charge is 0.335 e. The summed E-state index contributed by atoms with van der Waals surface area (Å²) in [4.78, 5) is 51.1. The molecule has 0 aliphatic carbocycles. The number of aliphatic hydroxyl groups excluding tert-OH is 2. The highest BCUT2D eigenvalue weighted by Gasteiger charge is 2.50. The largest absolute Gasteiger partial charge is 0.479 e. The summed E-state index contributed by atoms with van der Waals surface area (Å²) in [5.74, 6) is -3.14. The summed E-state index contributed by atoms with van der Waals surface area (Å²) in [6.07, 6.45) is 50.4. The summed E-state index contributed by atoms with van der Waals surface area (Å²) in [5.41, 5.74) is 0. The fraction of sp³-hybridized carbons (Fsp3) is 0.778. The Morgan fingerprint density at radius 1 is 0.453 bits per heavy atom. The lowest BCUT2D eigenvalue weighted by Gasteiger charge is -2.40. The first-order chi connectivity index (χ1) is 36.6. The maximum absolute atomic E-state index is 13.2. The van der Waals surface area contributed by atoms with Gasteiger partial charge < -0.3 is 39.0 Å². The van der Waals surface area contributed by atoms with Gasteiger partial charge >= 0.3 is 23.9 Å². The van der Waals surface area contributed by atoms with E-state index < -0.39 is 67.3 Å². The minimum Gasteiger partial charge on any atom is -0.479 e. The van der Waals surface area contributed by atoms with E-state index in [1.165, 1.54) is 89.9 Å². The zero-order chi connectivity index (χ0) is 54.7. The van der Waals surface area contributed by atoms with Crippen LogP contribution in [-0.2, 0) is 42.9 Å². The topological polar surface area (TPSA) is 175 Å². The number of carbonyl (C=O) groups excluding carboxylic acids is 3. The normalized spacial score (nSPS) is 18.5. The van der Waals surface area contributed by atoms with E-state index in [2.05, 4.69) is 81.5 Å². The number of hydrogen-bond donors (Lipinski definition) is 3. The standard InChI is InChI=1S/C63H108O12/c1-4-7-10-13-16-19-22-25-28-31-34-37-40-43-46-49-55(64)71-52-54(73-56(65)50-47-44-41-38-35-32-29-26-23-20-17-14-11-8-5-2)53-72-63-61(59(68)58(67)60(75-63)62(69)70)74-57(66)51-48-45-42-39-36-33-30-27-24-21-18-15-12-9-6-3/h7,10,16,18-19,21,25,27-28,30,54,58-61,63,67-68H,4-6,8-9,11-15,17,20,22-24,26,29,31-53H2,1-3H3,(H,69,70)/b10-7-,19-16-,21-18-,28-25-,30-27-. The van der Waals surface area contributed by atoms with Gasteiger partial charge in [-0.05, 0) is 83.5 Å². The van der Waals surface area contributed by atoms with Gasteiger partial charge in [0.15, 0.2) is 24.6 Å². The molecule has 432 valence electrons. The van der Waals surface area contributed by atoms with Gasteiger partial charge in [-0.2, -0.15) is 0 Å². The van der Waals surface area contributed by atoms with Crippen molar-refractivity contribution < 1.29 is 58.2 Å². The molecule has 1 aliphatic heterocycles. The second kappa shape index (κ2) is 51.2. The Kier molecular flexibility index (Phi) is 47.4. The number of unbranched alkanes of at least 4 members (excludes halogenated alkanes) is 27. The van der Waals surface area contributed by atoms with Gasteiger partial charge in [0.05, 0.1) is 6.61 Å². The predicted molar refractivity (Wildman–Crippen MR) is 303 cm³/mol. The van der Waals surface area contributed by atoms with Crippen molar-refractivity contribution in [2.75, 3.05) is 13.2 Å². The third-order valence-electron chi connectivity index (χ3n) is 13.6. The van der Waals surface area contributed by atoms with E-state index in [1.54, 1.807) is 0 Å². The van der Waals surface area contributed by atoms with Gasteiger partial charge in [-0.3, -0.25) is 14.4 Å². The molecule has 1 aliphatic rings. The first-order valence-electron chi connectivity index (χ1n) is 30.3. The molecule has 1 fully saturated rings. The molecule has 0 bridgehead atoms. The van der Waals surface area contributed by atoms with Crippen molar-refractivity contribution in [2.24, 2.45) is 0 Å². The number of carboxylic acid groups (broad SMARTS) is 1. The van der Waals surface area contributed by atoms with Gasteiger partial charge in [-0.25, -0.2) is 4.79 Å². The highest BCUT2D eigenvalue weighted by molar-refractivity contribution is 5.74. The summed E-state index contributed by atoms with van der Waals surface area (Å²) >= 11 is 0. The van der Waals surface area contributed by atoms with Crippen LogP contribution in [0.2, 0.25) is 0 Å². The second-order valence-electron chi connectivity index (χ2n) is 20.6. The molecule has 3 N–H and O–H groups in total. The molecule has 0 aromatic carbocycles. The Bertz CT molecular complexity index is 1540. The molecular weight excluding hydrogens is 949 g/mol. The molecule has 0 radical (unpaired) electrons. The summed E-state index contributed by atoms with van der Waals surface area (Å²) in [7, 11) is 0. The minimum absolute atomic E-state index is 0.0432.